The van der Waals surface area contributed by atoms with Crippen molar-refractivity contribution in [2.24, 2.45) is 0 Å². The number of benzene rings is 2. The van der Waals surface area contributed by atoms with Crippen molar-refractivity contribution in [2.75, 3.05) is 5.32 Å². The van der Waals surface area contributed by atoms with Gasteiger partial charge in [-0.3, -0.25) is 14.9 Å². The SMILES string of the molecule is Cc1ccc([N+](=O)[O-])cc1NC(=O)[C@@H](C)Oc1ccc(Cl)cc1. The number of aryl methyl sites for hydroxylation is 1. The zero-order chi connectivity index (χ0) is 17.0. The Labute approximate surface area is 138 Å². The van der Waals surface area contributed by atoms with Gasteiger partial charge in [-0.15, -0.1) is 0 Å². The molecule has 0 radical (unpaired) electrons. The van der Waals surface area contributed by atoms with Crippen LogP contribution in [0.15, 0.2) is 42.5 Å². The lowest BCUT2D eigenvalue weighted by Crippen LogP contribution is -2.30. The fraction of sp³-hybridized carbons (Fsp3) is 0.188. The van der Waals surface area contributed by atoms with Crippen molar-refractivity contribution in [2.45, 2.75) is 20.0 Å². The number of nitrogens with one attached hydrogen (secondary N) is 1. The van der Waals surface area contributed by atoms with E-state index in [9.17, 15) is 14.9 Å². The lowest BCUT2D eigenvalue weighted by molar-refractivity contribution is -0.384. The molecule has 0 fully saturated rings. The Kier molecular flexibility index (Phi) is 5.18. The highest BCUT2D eigenvalue weighted by atomic mass is 35.5. The highest BCUT2D eigenvalue weighted by molar-refractivity contribution is 6.30. The van der Waals surface area contributed by atoms with Crippen LogP contribution < -0.4 is 10.1 Å². The Morgan fingerprint density at radius 3 is 2.52 bits per heavy atom. The molecular formula is C16H15ClN2O4. The number of anilines is 1. The summed E-state index contributed by atoms with van der Waals surface area (Å²) in [5.41, 5.74) is 1.02. The van der Waals surface area contributed by atoms with E-state index in [1.54, 1.807) is 44.2 Å². The quantitative estimate of drug-likeness (QED) is 0.662. The third-order valence-corrected chi connectivity index (χ3v) is 3.44. The van der Waals surface area contributed by atoms with E-state index in [1.165, 1.54) is 12.1 Å². The molecule has 0 aromatic heterocycles. The number of hydrogen-bond donors (Lipinski definition) is 1. The summed E-state index contributed by atoms with van der Waals surface area (Å²) in [6.45, 7) is 3.35. The van der Waals surface area contributed by atoms with E-state index in [1.807, 2.05) is 0 Å². The molecule has 1 amide bonds. The third kappa shape index (κ3) is 4.43. The molecule has 0 aliphatic rings. The molecule has 7 heteroatoms. The van der Waals surface area contributed by atoms with E-state index in [0.717, 1.165) is 5.56 Å². The van der Waals surface area contributed by atoms with Crippen LogP contribution in [0.3, 0.4) is 0 Å². The second-order valence-electron chi connectivity index (χ2n) is 4.96. The predicted molar refractivity (Wildman–Crippen MR) is 88.0 cm³/mol. The van der Waals surface area contributed by atoms with Crippen LogP contribution in [0.25, 0.3) is 0 Å². The standard InChI is InChI=1S/C16H15ClN2O4/c1-10-3-6-13(19(21)22)9-15(10)18-16(20)11(2)23-14-7-4-12(17)5-8-14/h3-9,11H,1-2H3,(H,18,20)/t11-/m1/s1. The van der Waals surface area contributed by atoms with Crippen LogP contribution in [0, 0.1) is 17.0 Å². The van der Waals surface area contributed by atoms with Crippen LogP contribution in [-0.4, -0.2) is 16.9 Å². The molecule has 23 heavy (non-hydrogen) atoms. The first kappa shape index (κ1) is 16.8. The lowest BCUT2D eigenvalue weighted by atomic mass is 10.1. The number of ether oxygens (including phenoxy) is 1. The number of carbonyl (C=O) groups is 1. The summed E-state index contributed by atoms with van der Waals surface area (Å²) < 4.78 is 5.52. The topological polar surface area (TPSA) is 81.5 Å². The van der Waals surface area contributed by atoms with E-state index >= 15 is 0 Å². The minimum atomic E-state index is -0.769. The number of hydrogen-bond acceptors (Lipinski definition) is 4. The first-order valence-corrected chi connectivity index (χ1v) is 7.23. The van der Waals surface area contributed by atoms with Gasteiger partial charge in [-0.25, -0.2) is 0 Å². The molecule has 0 aliphatic carbocycles. The Morgan fingerprint density at radius 2 is 1.91 bits per heavy atom. The van der Waals surface area contributed by atoms with E-state index < -0.39 is 16.9 Å². The average Bonchev–Trinajstić information content (AvgIpc) is 2.51. The molecule has 0 bridgehead atoms. The van der Waals surface area contributed by atoms with Crippen LogP contribution >= 0.6 is 11.6 Å². The summed E-state index contributed by atoms with van der Waals surface area (Å²) in [7, 11) is 0. The summed E-state index contributed by atoms with van der Waals surface area (Å²) in [4.78, 5) is 22.5. The Bertz CT molecular complexity index is 731. The Hall–Kier alpha value is -2.60. The van der Waals surface area contributed by atoms with Gasteiger partial charge in [0.2, 0.25) is 0 Å². The molecule has 0 unspecified atom stereocenters. The summed E-state index contributed by atoms with van der Waals surface area (Å²) in [6, 6.07) is 10.9. The summed E-state index contributed by atoms with van der Waals surface area (Å²) in [6.07, 6.45) is -0.769. The van der Waals surface area contributed by atoms with Gasteiger partial charge in [0, 0.05) is 17.2 Å². The molecular weight excluding hydrogens is 320 g/mol. The number of rotatable bonds is 5. The monoisotopic (exact) mass is 334 g/mol. The van der Waals surface area contributed by atoms with Gasteiger partial charge in [-0.05, 0) is 43.7 Å². The average molecular weight is 335 g/mol. The van der Waals surface area contributed by atoms with E-state index in [4.69, 9.17) is 16.3 Å². The van der Waals surface area contributed by atoms with Gasteiger partial charge >= 0.3 is 0 Å². The number of carbonyl (C=O) groups excluding carboxylic acids is 1. The molecule has 2 rings (SSSR count). The van der Waals surface area contributed by atoms with Gasteiger partial charge in [0.25, 0.3) is 11.6 Å². The summed E-state index contributed by atoms with van der Waals surface area (Å²) in [5.74, 6) is 0.108. The molecule has 0 saturated heterocycles. The second-order valence-corrected chi connectivity index (χ2v) is 5.40. The van der Waals surface area contributed by atoms with Gasteiger partial charge in [0.05, 0.1) is 10.6 Å². The Balaban J connectivity index is 2.07. The van der Waals surface area contributed by atoms with E-state index in [0.29, 0.717) is 16.5 Å². The second kappa shape index (κ2) is 7.11. The van der Waals surface area contributed by atoms with Crippen LogP contribution in [0.5, 0.6) is 5.75 Å². The van der Waals surface area contributed by atoms with Crippen molar-refractivity contribution in [1.82, 2.24) is 0 Å². The normalized spacial score (nSPS) is 11.6. The van der Waals surface area contributed by atoms with Crippen LogP contribution in [-0.2, 0) is 4.79 Å². The number of nitrogens with zero attached hydrogens (tertiary/aromatic N) is 1. The number of halogens is 1. The van der Waals surface area contributed by atoms with Gasteiger partial charge in [-0.2, -0.15) is 0 Å². The molecule has 0 spiro atoms. The highest BCUT2D eigenvalue weighted by Gasteiger charge is 2.17. The molecule has 0 saturated carbocycles. The maximum Gasteiger partial charge on any atom is 0.271 e. The van der Waals surface area contributed by atoms with Crippen LogP contribution in [0.4, 0.5) is 11.4 Å². The zero-order valence-electron chi connectivity index (χ0n) is 12.6. The maximum atomic E-state index is 12.2. The van der Waals surface area contributed by atoms with Gasteiger partial charge < -0.3 is 10.1 Å². The molecule has 0 heterocycles. The lowest BCUT2D eigenvalue weighted by Gasteiger charge is -2.15. The van der Waals surface area contributed by atoms with Gasteiger partial charge in [0.15, 0.2) is 6.10 Å². The largest absolute Gasteiger partial charge is 0.481 e. The molecule has 120 valence electrons. The van der Waals surface area contributed by atoms with Crippen molar-refractivity contribution >= 4 is 28.9 Å². The highest BCUT2D eigenvalue weighted by Crippen LogP contribution is 2.22. The van der Waals surface area contributed by atoms with Crippen molar-refractivity contribution in [1.29, 1.82) is 0 Å². The molecule has 0 aliphatic heterocycles. The van der Waals surface area contributed by atoms with E-state index in [-0.39, 0.29) is 5.69 Å². The van der Waals surface area contributed by atoms with Crippen LogP contribution in [0.1, 0.15) is 12.5 Å². The van der Waals surface area contributed by atoms with Crippen molar-refractivity contribution < 1.29 is 14.5 Å². The fourth-order valence-electron chi connectivity index (χ4n) is 1.86. The minimum Gasteiger partial charge on any atom is -0.481 e. The molecule has 1 atom stereocenters. The molecule has 1 N–H and O–H groups in total. The smallest absolute Gasteiger partial charge is 0.271 e. The number of amides is 1. The maximum absolute atomic E-state index is 12.2. The molecule has 2 aromatic carbocycles. The molecule has 2 aromatic rings. The summed E-state index contributed by atoms with van der Waals surface area (Å²) in [5, 5.41) is 14.0. The zero-order valence-corrected chi connectivity index (χ0v) is 13.3. The first-order chi connectivity index (χ1) is 10.9. The minimum absolute atomic E-state index is 0.0860. The van der Waals surface area contributed by atoms with Gasteiger partial charge in [-0.1, -0.05) is 17.7 Å². The fourth-order valence-corrected chi connectivity index (χ4v) is 1.99. The predicted octanol–water partition coefficient (Wildman–Crippen LogP) is 3.96. The van der Waals surface area contributed by atoms with Crippen LogP contribution in [0.2, 0.25) is 5.02 Å². The first-order valence-electron chi connectivity index (χ1n) is 6.85. The third-order valence-electron chi connectivity index (χ3n) is 3.19. The number of nitro benzene ring substituents is 1. The van der Waals surface area contributed by atoms with Gasteiger partial charge in [0.1, 0.15) is 5.75 Å². The number of nitro groups is 1. The van der Waals surface area contributed by atoms with Crippen molar-refractivity contribution in [3.63, 3.8) is 0 Å². The van der Waals surface area contributed by atoms with E-state index in [2.05, 4.69) is 5.32 Å². The van der Waals surface area contributed by atoms with Crippen molar-refractivity contribution in [3.8, 4) is 5.75 Å². The van der Waals surface area contributed by atoms with Crippen molar-refractivity contribution in [3.05, 3.63) is 63.2 Å². The number of non-ortho nitro benzene ring substituents is 1. The molecule has 6 nitrogen and oxygen atoms in total. The Morgan fingerprint density at radius 1 is 1.26 bits per heavy atom. The summed E-state index contributed by atoms with van der Waals surface area (Å²) >= 11 is 5.79.